The summed E-state index contributed by atoms with van der Waals surface area (Å²) < 4.78 is 8.25. The average molecular weight is 430 g/mol. The summed E-state index contributed by atoms with van der Waals surface area (Å²) in [6, 6.07) is 1.87. The first-order chi connectivity index (χ1) is 14.8. The molecule has 0 bridgehead atoms. The van der Waals surface area contributed by atoms with E-state index in [2.05, 4.69) is 52.3 Å². The number of likely N-dealkylation sites (N-methyl/N-ethyl adjacent to an activating group) is 1. The van der Waals surface area contributed by atoms with Crippen LogP contribution in [0.5, 0.6) is 0 Å². The van der Waals surface area contributed by atoms with Crippen molar-refractivity contribution in [1.82, 2.24) is 24.9 Å². The zero-order valence-corrected chi connectivity index (χ0v) is 19.2. The summed E-state index contributed by atoms with van der Waals surface area (Å²) >= 11 is 0. The van der Waals surface area contributed by atoms with Gasteiger partial charge in [0.25, 0.3) is 0 Å². The Balaban J connectivity index is 0.000000423. The number of nitrogens with one attached hydrogen (secondary N) is 1. The van der Waals surface area contributed by atoms with E-state index in [9.17, 15) is 4.79 Å². The van der Waals surface area contributed by atoms with Crippen LogP contribution in [0.25, 0.3) is 5.69 Å². The van der Waals surface area contributed by atoms with Crippen LogP contribution in [0, 0.1) is 11.8 Å². The number of hydrogen-bond donors (Lipinski definition) is 2. The number of rotatable bonds is 8. The molecule has 1 unspecified atom stereocenters. The van der Waals surface area contributed by atoms with Crippen LogP contribution in [0.15, 0.2) is 53.4 Å². The normalized spacial score (nSPS) is 15.6. The summed E-state index contributed by atoms with van der Waals surface area (Å²) in [4.78, 5) is 12.2. The van der Waals surface area contributed by atoms with Crippen LogP contribution >= 0.6 is 0 Å². The van der Waals surface area contributed by atoms with E-state index in [0.29, 0.717) is 24.6 Å². The van der Waals surface area contributed by atoms with Gasteiger partial charge in [0.2, 0.25) is 5.43 Å². The minimum Gasteiger partial charge on any atom is -0.388 e. The standard InChI is InChI=1S/C18H23N5O.C5H12O2/c1-13(2)23-12-16(11-20-23)22-8-7-18(24)17(21-22)10-14-5-4-6-15(9-14)19-3;1-5(2)3-7-4-6/h4,6-9,11-14,19H,5,10H2,1-3H3;5-6H,3-4H2,1-2H3. The lowest BCUT2D eigenvalue weighted by Crippen LogP contribution is -2.20. The Kier molecular flexibility index (Phi) is 9.68. The van der Waals surface area contributed by atoms with Crippen LogP contribution < -0.4 is 10.7 Å². The molecular formula is C23H35N5O3. The first kappa shape index (κ1) is 24.6. The van der Waals surface area contributed by atoms with Crippen LogP contribution in [0.1, 0.15) is 45.9 Å². The maximum Gasteiger partial charge on any atom is 0.203 e. The van der Waals surface area contributed by atoms with Crippen molar-refractivity contribution in [1.29, 1.82) is 0 Å². The molecule has 1 atom stereocenters. The molecule has 8 heteroatoms. The summed E-state index contributed by atoms with van der Waals surface area (Å²) in [5.41, 5.74) is 2.51. The summed E-state index contributed by atoms with van der Waals surface area (Å²) in [7, 11) is 1.90. The van der Waals surface area contributed by atoms with Crippen molar-refractivity contribution < 1.29 is 9.84 Å². The number of hydrogen-bond acceptors (Lipinski definition) is 6. The van der Waals surface area contributed by atoms with Gasteiger partial charge >= 0.3 is 0 Å². The third-order valence-electron chi connectivity index (χ3n) is 4.70. The third-order valence-corrected chi connectivity index (χ3v) is 4.70. The molecule has 3 rings (SSSR count). The van der Waals surface area contributed by atoms with Crippen LogP contribution in [0.2, 0.25) is 0 Å². The largest absolute Gasteiger partial charge is 0.388 e. The van der Waals surface area contributed by atoms with Gasteiger partial charge in [-0.2, -0.15) is 10.2 Å². The molecule has 0 aliphatic heterocycles. The summed E-state index contributed by atoms with van der Waals surface area (Å²) in [6.07, 6.45) is 13.3. The Morgan fingerprint density at radius 2 is 2.10 bits per heavy atom. The molecule has 2 aromatic heterocycles. The lowest BCUT2D eigenvalue weighted by atomic mass is 9.94. The Hall–Kier alpha value is -2.71. The summed E-state index contributed by atoms with van der Waals surface area (Å²) in [5, 5.41) is 20.1. The van der Waals surface area contributed by atoms with E-state index < -0.39 is 0 Å². The van der Waals surface area contributed by atoms with Gasteiger partial charge in [-0.1, -0.05) is 26.0 Å². The molecule has 0 saturated heterocycles. The van der Waals surface area contributed by atoms with Gasteiger partial charge in [-0.05, 0) is 38.2 Å². The van der Waals surface area contributed by atoms with E-state index in [1.54, 1.807) is 23.1 Å². The number of aliphatic hydroxyl groups is 1. The number of ether oxygens (including phenoxy) is 1. The highest BCUT2D eigenvalue weighted by Gasteiger charge is 2.14. The van der Waals surface area contributed by atoms with Crippen molar-refractivity contribution in [2.24, 2.45) is 11.8 Å². The van der Waals surface area contributed by atoms with Gasteiger partial charge in [0.15, 0.2) is 0 Å². The molecule has 0 amide bonds. The van der Waals surface area contributed by atoms with E-state index in [1.165, 1.54) is 0 Å². The van der Waals surface area contributed by atoms with E-state index in [0.717, 1.165) is 17.8 Å². The van der Waals surface area contributed by atoms with Gasteiger partial charge in [-0.3, -0.25) is 9.48 Å². The van der Waals surface area contributed by atoms with Crippen molar-refractivity contribution >= 4 is 0 Å². The second-order valence-corrected chi connectivity index (χ2v) is 8.21. The molecule has 2 N–H and O–H groups in total. The van der Waals surface area contributed by atoms with Crippen molar-refractivity contribution in [2.75, 3.05) is 20.4 Å². The van der Waals surface area contributed by atoms with Crippen molar-refractivity contribution in [3.63, 3.8) is 0 Å². The van der Waals surface area contributed by atoms with Gasteiger partial charge < -0.3 is 15.2 Å². The molecule has 1 aliphatic carbocycles. The number of aliphatic hydroxyl groups excluding tert-OH is 1. The van der Waals surface area contributed by atoms with E-state index in [1.807, 2.05) is 31.8 Å². The molecule has 31 heavy (non-hydrogen) atoms. The number of nitrogens with zero attached hydrogens (tertiary/aromatic N) is 4. The fourth-order valence-corrected chi connectivity index (χ4v) is 3.05. The van der Waals surface area contributed by atoms with Gasteiger partial charge in [-0.25, -0.2) is 4.68 Å². The highest BCUT2D eigenvalue weighted by molar-refractivity contribution is 5.26. The predicted molar refractivity (Wildman–Crippen MR) is 122 cm³/mol. The van der Waals surface area contributed by atoms with E-state index in [-0.39, 0.29) is 24.2 Å². The fraction of sp³-hybridized carbons (Fsp3) is 0.522. The lowest BCUT2D eigenvalue weighted by Gasteiger charge is -2.16. The topological polar surface area (TPSA) is 94.2 Å². The molecule has 170 valence electrons. The van der Waals surface area contributed by atoms with Gasteiger partial charge in [0, 0.05) is 37.5 Å². The lowest BCUT2D eigenvalue weighted by molar-refractivity contribution is -0.0129. The Morgan fingerprint density at radius 1 is 1.32 bits per heavy atom. The van der Waals surface area contributed by atoms with E-state index >= 15 is 0 Å². The van der Waals surface area contributed by atoms with Crippen LogP contribution in [-0.4, -0.2) is 45.1 Å². The monoisotopic (exact) mass is 429 g/mol. The highest BCUT2D eigenvalue weighted by Crippen LogP contribution is 2.18. The zero-order chi connectivity index (χ0) is 22.8. The smallest absolute Gasteiger partial charge is 0.203 e. The minimum atomic E-state index is -0.155. The molecular weight excluding hydrogens is 394 g/mol. The first-order valence-corrected chi connectivity index (χ1v) is 10.7. The number of allylic oxidation sites excluding steroid dienone is 3. The quantitative estimate of drug-likeness (QED) is 0.627. The maximum absolute atomic E-state index is 12.2. The van der Waals surface area contributed by atoms with Crippen molar-refractivity contribution in [3.8, 4) is 5.69 Å². The Labute approximate surface area is 184 Å². The van der Waals surface area contributed by atoms with Gasteiger partial charge in [0.1, 0.15) is 18.2 Å². The van der Waals surface area contributed by atoms with Crippen LogP contribution in [0.4, 0.5) is 0 Å². The molecule has 1 aliphatic rings. The van der Waals surface area contributed by atoms with Crippen LogP contribution in [0.3, 0.4) is 0 Å². The summed E-state index contributed by atoms with van der Waals surface area (Å²) in [5.74, 6) is 0.805. The third kappa shape index (κ3) is 7.80. The second-order valence-electron chi connectivity index (χ2n) is 8.21. The van der Waals surface area contributed by atoms with Crippen molar-refractivity contribution in [2.45, 2.75) is 46.6 Å². The molecule has 0 aromatic carbocycles. The molecule has 0 saturated carbocycles. The molecule has 8 nitrogen and oxygen atoms in total. The van der Waals surface area contributed by atoms with Crippen LogP contribution in [-0.2, 0) is 11.2 Å². The second kappa shape index (κ2) is 12.2. The maximum atomic E-state index is 12.2. The SMILES string of the molecule is CC(C)COCO.CNC1=CC(Cc2nn(-c3cnn(C(C)C)c3)ccc2=O)CC=C1. The minimum absolute atomic E-state index is 0.0172. The Morgan fingerprint density at radius 3 is 2.68 bits per heavy atom. The molecule has 0 fully saturated rings. The van der Waals surface area contributed by atoms with E-state index in [4.69, 9.17) is 5.11 Å². The van der Waals surface area contributed by atoms with Gasteiger partial charge in [0.05, 0.1) is 19.0 Å². The molecule has 0 spiro atoms. The highest BCUT2D eigenvalue weighted by atomic mass is 16.6. The number of aromatic nitrogens is 4. The molecule has 0 radical (unpaired) electrons. The zero-order valence-electron chi connectivity index (χ0n) is 19.2. The predicted octanol–water partition coefficient (Wildman–Crippen LogP) is 2.84. The average Bonchev–Trinajstić information content (AvgIpc) is 3.25. The fourth-order valence-electron chi connectivity index (χ4n) is 3.05. The molecule has 2 aromatic rings. The Bertz CT molecular complexity index is 927. The molecule has 2 heterocycles. The van der Waals surface area contributed by atoms with Gasteiger partial charge in [-0.15, -0.1) is 0 Å². The van der Waals surface area contributed by atoms with Crippen molar-refractivity contribution in [3.05, 3.63) is 64.5 Å². The summed E-state index contributed by atoms with van der Waals surface area (Å²) in [6.45, 7) is 8.71. The first-order valence-electron chi connectivity index (χ1n) is 10.7.